The monoisotopic (exact) mass is 142 g/mol. The fourth-order valence-corrected chi connectivity index (χ4v) is 0.870. The minimum atomic E-state index is -0.288. The Hall–Kier alpha value is -0.700. The van der Waals surface area contributed by atoms with Crippen molar-refractivity contribution in [2.75, 3.05) is 0 Å². The Morgan fingerprint density at radius 2 is 2.00 bits per heavy atom. The predicted octanol–water partition coefficient (Wildman–Crippen LogP) is 0.322. The summed E-state index contributed by atoms with van der Waals surface area (Å²) in [6.45, 7) is 3.23. The molecule has 1 aliphatic heterocycles. The van der Waals surface area contributed by atoms with E-state index in [0.717, 1.165) is 0 Å². The molecule has 0 spiro atoms. The minimum Gasteiger partial charge on any atom is -0.362 e. The van der Waals surface area contributed by atoms with Crippen LogP contribution in [0.5, 0.6) is 0 Å². The number of carbonyl (C=O) groups excluding carboxylic acids is 2. The Morgan fingerprint density at radius 1 is 1.50 bits per heavy atom. The van der Waals surface area contributed by atoms with Crippen molar-refractivity contribution in [1.29, 1.82) is 0 Å². The van der Waals surface area contributed by atoms with E-state index in [1.54, 1.807) is 0 Å². The van der Waals surface area contributed by atoms with E-state index in [9.17, 15) is 9.59 Å². The molecule has 1 aliphatic rings. The van der Waals surface area contributed by atoms with Crippen molar-refractivity contribution in [1.82, 2.24) is 0 Å². The molecule has 1 rings (SSSR count). The van der Waals surface area contributed by atoms with Crippen molar-refractivity contribution >= 4 is 11.6 Å². The fraction of sp³-hybridized carbons (Fsp3) is 0.714. The second kappa shape index (κ2) is 2.50. The Balaban J connectivity index is 2.30. The molecule has 0 amide bonds. The summed E-state index contributed by atoms with van der Waals surface area (Å²) in [5.41, 5.74) is 0. The molecule has 1 fully saturated rings. The lowest BCUT2D eigenvalue weighted by Gasteiger charge is -1.88. The van der Waals surface area contributed by atoms with Gasteiger partial charge in [-0.15, -0.1) is 0 Å². The van der Waals surface area contributed by atoms with Gasteiger partial charge in [-0.05, 0) is 13.8 Å². The molecular weight excluding hydrogens is 132 g/mol. The molecule has 0 unspecified atom stereocenters. The topological polar surface area (TPSA) is 46.7 Å². The largest absolute Gasteiger partial charge is 0.362 e. The standard InChI is InChI=1S/C7H10O3/c1-4(8)3-6(9)7-5(2)10-7/h5,7H,3H2,1-2H3/t5-,7-/m0/s1. The highest BCUT2D eigenvalue weighted by molar-refractivity contribution is 6.01. The van der Waals surface area contributed by atoms with Crippen molar-refractivity contribution in [2.24, 2.45) is 0 Å². The van der Waals surface area contributed by atoms with E-state index in [-0.39, 0.29) is 30.2 Å². The number of hydrogen-bond donors (Lipinski definition) is 0. The van der Waals surface area contributed by atoms with Gasteiger partial charge in [0.25, 0.3) is 0 Å². The summed E-state index contributed by atoms with van der Waals surface area (Å²) in [7, 11) is 0. The van der Waals surface area contributed by atoms with Crippen LogP contribution in [0.2, 0.25) is 0 Å². The molecule has 0 saturated carbocycles. The third kappa shape index (κ3) is 1.64. The zero-order chi connectivity index (χ0) is 7.72. The molecule has 0 aliphatic carbocycles. The number of rotatable bonds is 3. The molecule has 1 saturated heterocycles. The lowest BCUT2D eigenvalue weighted by atomic mass is 10.1. The van der Waals surface area contributed by atoms with Crippen LogP contribution in [0.1, 0.15) is 20.3 Å². The van der Waals surface area contributed by atoms with Crippen molar-refractivity contribution in [3.8, 4) is 0 Å². The second-order valence-electron chi connectivity index (χ2n) is 2.61. The third-order valence-corrected chi connectivity index (χ3v) is 1.45. The maximum Gasteiger partial charge on any atom is 0.171 e. The summed E-state index contributed by atoms with van der Waals surface area (Å²) in [5.74, 6) is -0.173. The first-order valence-corrected chi connectivity index (χ1v) is 3.29. The summed E-state index contributed by atoms with van der Waals surface area (Å²) in [6, 6.07) is 0. The number of epoxide rings is 1. The Morgan fingerprint density at radius 3 is 2.30 bits per heavy atom. The highest BCUT2D eigenvalue weighted by Crippen LogP contribution is 2.22. The number of Topliss-reactive ketones (excluding diaryl/α,β-unsaturated/α-hetero) is 2. The van der Waals surface area contributed by atoms with Crippen molar-refractivity contribution in [2.45, 2.75) is 32.5 Å². The molecule has 3 heteroatoms. The molecule has 0 aromatic heterocycles. The normalized spacial score (nSPS) is 29.8. The van der Waals surface area contributed by atoms with E-state index in [0.29, 0.717) is 0 Å². The summed E-state index contributed by atoms with van der Waals surface area (Å²) in [5, 5.41) is 0. The Bertz CT molecular complexity index is 174. The van der Waals surface area contributed by atoms with Gasteiger partial charge in [-0.1, -0.05) is 0 Å². The Kier molecular flexibility index (Phi) is 1.85. The zero-order valence-electron chi connectivity index (χ0n) is 6.09. The van der Waals surface area contributed by atoms with E-state index in [1.165, 1.54) is 6.92 Å². The van der Waals surface area contributed by atoms with E-state index in [1.807, 2.05) is 6.92 Å². The summed E-state index contributed by atoms with van der Waals surface area (Å²) in [4.78, 5) is 21.3. The lowest BCUT2D eigenvalue weighted by molar-refractivity contribution is -0.126. The van der Waals surface area contributed by atoms with Gasteiger partial charge in [-0.3, -0.25) is 9.59 Å². The van der Waals surface area contributed by atoms with Gasteiger partial charge in [0, 0.05) is 0 Å². The van der Waals surface area contributed by atoms with Crippen LogP contribution in [0.15, 0.2) is 0 Å². The number of ketones is 2. The molecular formula is C7H10O3. The van der Waals surface area contributed by atoms with Gasteiger partial charge >= 0.3 is 0 Å². The van der Waals surface area contributed by atoms with E-state index in [4.69, 9.17) is 4.74 Å². The number of hydrogen-bond acceptors (Lipinski definition) is 3. The van der Waals surface area contributed by atoms with Crippen LogP contribution >= 0.6 is 0 Å². The molecule has 10 heavy (non-hydrogen) atoms. The van der Waals surface area contributed by atoms with Crippen LogP contribution in [-0.2, 0) is 14.3 Å². The molecule has 0 N–H and O–H groups in total. The minimum absolute atomic E-state index is 0.0228. The molecule has 56 valence electrons. The molecule has 0 aromatic rings. The average molecular weight is 142 g/mol. The Labute approximate surface area is 59.4 Å². The lowest BCUT2D eigenvalue weighted by Crippen LogP contribution is -2.12. The summed E-state index contributed by atoms with van der Waals surface area (Å²) < 4.78 is 4.88. The van der Waals surface area contributed by atoms with Gasteiger partial charge in [-0.25, -0.2) is 0 Å². The highest BCUT2D eigenvalue weighted by Gasteiger charge is 2.40. The van der Waals surface area contributed by atoms with Crippen LogP contribution in [0.3, 0.4) is 0 Å². The average Bonchev–Trinajstić information content (AvgIpc) is 2.44. The van der Waals surface area contributed by atoms with Crippen LogP contribution in [0, 0.1) is 0 Å². The van der Waals surface area contributed by atoms with Gasteiger partial charge in [0.2, 0.25) is 0 Å². The van der Waals surface area contributed by atoms with Gasteiger partial charge < -0.3 is 4.74 Å². The molecule has 0 radical (unpaired) electrons. The van der Waals surface area contributed by atoms with Crippen LogP contribution in [-0.4, -0.2) is 23.8 Å². The van der Waals surface area contributed by atoms with Crippen LogP contribution in [0.4, 0.5) is 0 Å². The van der Waals surface area contributed by atoms with Gasteiger partial charge in [0.15, 0.2) is 5.78 Å². The van der Waals surface area contributed by atoms with E-state index in [2.05, 4.69) is 0 Å². The first kappa shape index (κ1) is 7.41. The van der Waals surface area contributed by atoms with Crippen molar-refractivity contribution in [3.05, 3.63) is 0 Å². The van der Waals surface area contributed by atoms with Crippen LogP contribution < -0.4 is 0 Å². The number of ether oxygens (including phenoxy) is 1. The highest BCUT2D eigenvalue weighted by atomic mass is 16.6. The SMILES string of the molecule is CC(=O)CC(=O)[C@H]1O[C@H]1C. The molecule has 3 nitrogen and oxygen atoms in total. The van der Waals surface area contributed by atoms with Crippen molar-refractivity contribution < 1.29 is 14.3 Å². The van der Waals surface area contributed by atoms with Crippen LogP contribution in [0.25, 0.3) is 0 Å². The van der Waals surface area contributed by atoms with Gasteiger partial charge in [0.05, 0.1) is 12.5 Å². The summed E-state index contributed by atoms with van der Waals surface area (Å²) >= 11 is 0. The molecule has 2 atom stereocenters. The quantitative estimate of drug-likeness (QED) is 0.421. The molecule has 0 aromatic carbocycles. The van der Waals surface area contributed by atoms with E-state index >= 15 is 0 Å². The van der Waals surface area contributed by atoms with Gasteiger partial charge in [0.1, 0.15) is 11.9 Å². The molecule has 1 heterocycles. The zero-order valence-corrected chi connectivity index (χ0v) is 6.09. The van der Waals surface area contributed by atoms with Gasteiger partial charge in [-0.2, -0.15) is 0 Å². The fourth-order valence-electron chi connectivity index (χ4n) is 0.870. The number of carbonyl (C=O) groups is 2. The summed E-state index contributed by atoms with van der Waals surface area (Å²) in [6.07, 6.45) is -0.231. The van der Waals surface area contributed by atoms with E-state index < -0.39 is 0 Å². The first-order valence-electron chi connectivity index (χ1n) is 3.29. The maximum atomic E-state index is 10.9. The first-order chi connectivity index (χ1) is 4.61. The molecule has 0 bridgehead atoms. The smallest absolute Gasteiger partial charge is 0.171 e. The van der Waals surface area contributed by atoms with Crippen molar-refractivity contribution in [3.63, 3.8) is 0 Å². The second-order valence-corrected chi connectivity index (χ2v) is 2.61. The third-order valence-electron chi connectivity index (χ3n) is 1.45. The maximum absolute atomic E-state index is 10.9. The predicted molar refractivity (Wildman–Crippen MR) is 34.6 cm³/mol.